The predicted molar refractivity (Wildman–Crippen MR) is 50.9 cm³/mol. The molecule has 0 aromatic carbocycles. The van der Waals surface area contributed by atoms with Crippen molar-refractivity contribution >= 4 is 17.7 Å². The topological polar surface area (TPSA) is 50.2 Å². The molecule has 1 aliphatic heterocycles. The number of carbonyl (C=O) groups is 1. The van der Waals surface area contributed by atoms with Crippen LogP contribution in [0, 0.1) is 6.92 Å². The van der Waals surface area contributed by atoms with Gasteiger partial charge >= 0.3 is 5.97 Å². The molecule has 13 heavy (non-hydrogen) atoms. The Bertz CT molecular complexity index is 376. The lowest BCUT2D eigenvalue weighted by Gasteiger charge is -2.03. The lowest BCUT2D eigenvalue weighted by molar-refractivity contribution is 0.0695. The van der Waals surface area contributed by atoms with Crippen LogP contribution in [-0.4, -0.2) is 16.1 Å². The first-order valence-electron chi connectivity index (χ1n) is 3.99. The number of hydrogen-bond acceptors (Lipinski definition) is 3. The molecule has 2 heterocycles. The fourth-order valence-electron chi connectivity index (χ4n) is 1.42. The van der Waals surface area contributed by atoms with Gasteiger partial charge in [0, 0.05) is 11.5 Å². The van der Waals surface area contributed by atoms with Gasteiger partial charge in [0.15, 0.2) is 0 Å². The van der Waals surface area contributed by atoms with Gasteiger partial charge in [0.05, 0.1) is 17.0 Å². The zero-order valence-electron chi connectivity index (χ0n) is 7.20. The van der Waals surface area contributed by atoms with Crippen LogP contribution in [0.4, 0.5) is 0 Å². The minimum absolute atomic E-state index is 0.334. The summed E-state index contributed by atoms with van der Waals surface area (Å²) in [6, 6.07) is 1.75. The standard InChI is InChI=1S/C9H9NO2S/c1-5-7(9(11)12)2-6-3-13-4-8(6)10-5/h2H,3-4H2,1H3,(H,11,12). The molecule has 0 amide bonds. The number of aromatic nitrogens is 1. The van der Waals surface area contributed by atoms with E-state index >= 15 is 0 Å². The molecule has 0 atom stereocenters. The van der Waals surface area contributed by atoms with Gasteiger partial charge in [-0.1, -0.05) is 0 Å². The number of pyridine rings is 1. The quantitative estimate of drug-likeness (QED) is 0.742. The Morgan fingerprint density at radius 2 is 2.38 bits per heavy atom. The molecule has 0 bridgehead atoms. The molecule has 0 unspecified atom stereocenters. The monoisotopic (exact) mass is 195 g/mol. The second-order valence-electron chi connectivity index (χ2n) is 3.03. The van der Waals surface area contributed by atoms with E-state index in [0.717, 1.165) is 22.8 Å². The molecule has 3 nitrogen and oxygen atoms in total. The van der Waals surface area contributed by atoms with Crippen LogP contribution < -0.4 is 0 Å². The first-order chi connectivity index (χ1) is 6.18. The number of thioether (sulfide) groups is 1. The summed E-state index contributed by atoms with van der Waals surface area (Å²) in [6.07, 6.45) is 0. The number of aromatic carboxylic acids is 1. The van der Waals surface area contributed by atoms with E-state index in [4.69, 9.17) is 5.11 Å². The smallest absolute Gasteiger partial charge is 0.337 e. The van der Waals surface area contributed by atoms with Crippen molar-refractivity contribution in [2.75, 3.05) is 0 Å². The number of nitrogens with zero attached hydrogens (tertiary/aromatic N) is 1. The predicted octanol–water partition coefficient (Wildman–Crippen LogP) is 1.84. The zero-order valence-corrected chi connectivity index (χ0v) is 8.02. The Morgan fingerprint density at radius 1 is 1.62 bits per heavy atom. The van der Waals surface area contributed by atoms with E-state index in [1.54, 1.807) is 24.8 Å². The molecular formula is C9H9NO2S. The lowest BCUT2D eigenvalue weighted by atomic mass is 10.1. The van der Waals surface area contributed by atoms with Crippen molar-refractivity contribution in [2.45, 2.75) is 18.4 Å². The van der Waals surface area contributed by atoms with E-state index in [9.17, 15) is 4.79 Å². The van der Waals surface area contributed by atoms with E-state index in [-0.39, 0.29) is 0 Å². The van der Waals surface area contributed by atoms with E-state index < -0.39 is 5.97 Å². The Morgan fingerprint density at radius 3 is 3.08 bits per heavy atom. The number of rotatable bonds is 1. The van der Waals surface area contributed by atoms with Gasteiger partial charge in [-0.25, -0.2) is 4.79 Å². The molecule has 1 aromatic rings. The van der Waals surface area contributed by atoms with Crippen LogP contribution in [0.15, 0.2) is 6.07 Å². The molecule has 4 heteroatoms. The molecule has 1 aliphatic rings. The Labute approximate surface area is 80.2 Å². The van der Waals surface area contributed by atoms with Crippen LogP contribution in [0.3, 0.4) is 0 Å². The van der Waals surface area contributed by atoms with Gasteiger partial charge in [-0.3, -0.25) is 4.98 Å². The van der Waals surface area contributed by atoms with Gasteiger partial charge in [-0.15, -0.1) is 0 Å². The third kappa shape index (κ3) is 1.42. The number of fused-ring (bicyclic) bond motifs is 1. The molecule has 0 radical (unpaired) electrons. The average molecular weight is 195 g/mol. The fraction of sp³-hybridized carbons (Fsp3) is 0.333. The molecule has 1 N–H and O–H groups in total. The van der Waals surface area contributed by atoms with Gasteiger partial charge in [0.2, 0.25) is 0 Å². The highest BCUT2D eigenvalue weighted by Crippen LogP contribution is 2.29. The van der Waals surface area contributed by atoms with E-state index in [2.05, 4.69) is 4.98 Å². The van der Waals surface area contributed by atoms with Gasteiger partial charge in [0.25, 0.3) is 0 Å². The summed E-state index contributed by atoms with van der Waals surface area (Å²) < 4.78 is 0. The maximum atomic E-state index is 10.8. The van der Waals surface area contributed by atoms with Crippen LogP contribution in [0.25, 0.3) is 0 Å². The van der Waals surface area contributed by atoms with Crippen molar-refractivity contribution in [1.29, 1.82) is 0 Å². The van der Waals surface area contributed by atoms with Gasteiger partial charge in [-0.05, 0) is 18.6 Å². The van der Waals surface area contributed by atoms with Crippen LogP contribution in [-0.2, 0) is 11.5 Å². The highest BCUT2D eigenvalue weighted by atomic mass is 32.2. The van der Waals surface area contributed by atoms with Gasteiger partial charge in [0.1, 0.15) is 0 Å². The first kappa shape index (κ1) is 8.56. The number of hydrogen-bond donors (Lipinski definition) is 1. The Balaban J connectivity index is 2.55. The fourth-order valence-corrected chi connectivity index (χ4v) is 2.44. The van der Waals surface area contributed by atoms with Crippen molar-refractivity contribution in [1.82, 2.24) is 4.98 Å². The third-order valence-electron chi connectivity index (χ3n) is 2.11. The summed E-state index contributed by atoms with van der Waals surface area (Å²) in [7, 11) is 0. The molecule has 0 spiro atoms. The Hall–Kier alpha value is -1.03. The molecule has 0 fully saturated rings. The normalized spacial score (nSPS) is 14.2. The molecule has 0 saturated carbocycles. The van der Waals surface area contributed by atoms with Crippen molar-refractivity contribution in [3.63, 3.8) is 0 Å². The lowest BCUT2D eigenvalue weighted by Crippen LogP contribution is -2.04. The van der Waals surface area contributed by atoms with Crippen molar-refractivity contribution in [2.24, 2.45) is 0 Å². The van der Waals surface area contributed by atoms with Crippen LogP contribution in [0.2, 0.25) is 0 Å². The second-order valence-corrected chi connectivity index (χ2v) is 4.01. The second kappa shape index (κ2) is 3.03. The van der Waals surface area contributed by atoms with Crippen molar-refractivity contribution in [3.05, 3.63) is 28.6 Å². The summed E-state index contributed by atoms with van der Waals surface area (Å²) in [5.41, 5.74) is 3.08. The number of aryl methyl sites for hydroxylation is 1. The van der Waals surface area contributed by atoms with Gasteiger partial charge < -0.3 is 5.11 Å². The maximum absolute atomic E-state index is 10.8. The summed E-state index contributed by atoms with van der Waals surface area (Å²) in [4.78, 5) is 15.0. The summed E-state index contributed by atoms with van der Waals surface area (Å²) in [5, 5.41) is 8.85. The molecule has 68 valence electrons. The summed E-state index contributed by atoms with van der Waals surface area (Å²) >= 11 is 1.78. The minimum atomic E-state index is -0.885. The Kier molecular flexibility index (Phi) is 2.00. The molecule has 2 rings (SSSR count). The largest absolute Gasteiger partial charge is 0.478 e. The molecule has 0 aliphatic carbocycles. The number of carboxylic acid groups (broad SMARTS) is 1. The van der Waals surface area contributed by atoms with Crippen LogP contribution >= 0.6 is 11.8 Å². The maximum Gasteiger partial charge on any atom is 0.337 e. The minimum Gasteiger partial charge on any atom is -0.478 e. The zero-order chi connectivity index (χ0) is 9.42. The highest BCUT2D eigenvalue weighted by Gasteiger charge is 2.17. The van der Waals surface area contributed by atoms with Crippen molar-refractivity contribution in [3.8, 4) is 0 Å². The van der Waals surface area contributed by atoms with Crippen molar-refractivity contribution < 1.29 is 9.90 Å². The number of carboxylic acids is 1. The summed E-state index contributed by atoms with van der Waals surface area (Å²) in [6.45, 7) is 1.74. The SMILES string of the molecule is Cc1nc2c(cc1C(=O)O)CSC2. The average Bonchev–Trinajstić information content (AvgIpc) is 2.48. The summed E-state index contributed by atoms with van der Waals surface area (Å²) in [5.74, 6) is 0.920. The van der Waals surface area contributed by atoms with E-state index in [0.29, 0.717) is 11.3 Å². The molecule has 0 saturated heterocycles. The van der Waals surface area contributed by atoms with Crippen LogP contribution in [0.5, 0.6) is 0 Å². The van der Waals surface area contributed by atoms with E-state index in [1.165, 1.54) is 0 Å². The highest BCUT2D eigenvalue weighted by molar-refractivity contribution is 7.98. The van der Waals surface area contributed by atoms with E-state index in [1.807, 2.05) is 0 Å². The van der Waals surface area contributed by atoms with Gasteiger partial charge in [-0.2, -0.15) is 11.8 Å². The molecule has 1 aromatic heterocycles. The first-order valence-corrected chi connectivity index (χ1v) is 5.14. The third-order valence-corrected chi connectivity index (χ3v) is 3.10. The molecular weight excluding hydrogens is 186 g/mol. The van der Waals surface area contributed by atoms with Crippen LogP contribution in [0.1, 0.15) is 27.3 Å².